The van der Waals surface area contributed by atoms with E-state index in [1.165, 1.54) is 22.7 Å². The molecule has 172 valence electrons. The first-order chi connectivity index (χ1) is 15.5. The van der Waals surface area contributed by atoms with Gasteiger partial charge < -0.3 is 10.1 Å². The minimum atomic E-state index is -3.49. The number of hydrogen-bond acceptors (Lipinski definition) is 4. The van der Waals surface area contributed by atoms with Crippen molar-refractivity contribution in [1.82, 2.24) is 9.62 Å². The number of carbonyl (C=O) groups is 1. The number of rotatable bonds is 8. The van der Waals surface area contributed by atoms with Gasteiger partial charge in [-0.3, -0.25) is 4.79 Å². The van der Waals surface area contributed by atoms with Crippen LogP contribution < -0.4 is 5.32 Å². The second-order valence-electron chi connectivity index (χ2n) is 8.79. The molecule has 6 nitrogen and oxygen atoms in total. The number of carbonyl (C=O) groups excluding carboxylic acids is 1. The van der Waals surface area contributed by atoms with Gasteiger partial charge in [0.15, 0.2) is 0 Å². The minimum Gasteiger partial charge on any atom is -0.379 e. The number of benzene rings is 2. The van der Waals surface area contributed by atoms with Crippen LogP contribution in [0.1, 0.15) is 43.2 Å². The average Bonchev–Trinajstić information content (AvgIpc) is 3.33. The highest BCUT2D eigenvalue weighted by Crippen LogP contribution is 2.40. The number of amides is 1. The smallest absolute Gasteiger partial charge is 0.243 e. The van der Waals surface area contributed by atoms with Crippen LogP contribution in [-0.4, -0.2) is 51.5 Å². The van der Waals surface area contributed by atoms with Gasteiger partial charge in [-0.25, -0.2) is 8.42 Å². The van der Waals surface area contributed by atoms with Crippen LogP contribution in [-0.2, 0) is 31.4 Å². The molecule has 1 aliphatic heterocycles. The zero-order chi connectivity index (χ0) is 22.4. The standard InChI is InChI=1S/C25H32N2O4S/c28-24(26-20-25(14-4-5-15-25)22-6-2-1-3-7-22)13-10-21-8-11-23(12-9-21)32(29,30)27-16-18-31-19-17-27/h1-3,6-9,11-12H,4-5,10,13-20H2,(H,26,28). The molecule has 0 aromatic heterocycles. The summed E-state index contributed by atoms with van der Waals surface area (Å²) in [4.78, 5) is 12.8. The van der Waals surface area contributed by atoms with Crippen molar-refractivity contribution in [1.29, 1.82) is 0 Å². The Labute approximate surface area is 191 Å². The van der Waals surface area contributed by atoms with Crippen LogP contribution in [0.15, 0.2) is 59.5 Å². The molecule has 1 amide bonds. The minimum absolute atomic E-state index is 0.0391. The van der Waals surface area contributed by atoms with Gasteiger partial charge in [-0.05, 0) is 42.5 Å². The second kappa shape index (κ2) is 10.1. The van der Waals surface area contributed by atoms with E-state index in [0.29, 0.717) is 50.6 Å². The first kappa shape index (κ1) is 23.0. The van der Waals surface area contributed by atoms with Gasteiger partial charge in [0.25, 0.3) is 0 Å². The summed E-state index contributed by atoms with van der Waals surface area (Å²) in [6.45, 7) is 2.30. The van der Waals surface area contributed by atoms with Crippen LogP contribution >= 0.6 is 0 Å². The number of nitrogens with one attached hydrogen (secondary N) is 1. The van der Waals surface area contributed by atoms with Crippen LogP contribution in [0.2, 0.25) is 0 Å². The summed E-state index contributed by atoms with van der Waals surface area (Å²) in [7, 11) is -3.49. The van der Waals surface area contributed by atoms with E-state index in [-0.39, 0.29) is 11.3 Å². The Morgan fingerprint density at radius 3 is 2.28 bits per heavy atom. The van der Waals surface area contributed by atoms with Gasteiger partial charge in [0.05, 0.1) is 18.1 Å². The molecule has 1 heterocycles. The maximum absolute atomic E-state index is 12.7. The molecule has 7 heteroatoms. The zero-order valence-electron chi connectivity index (χ0n) is 18.5. The van der Waals surface area contributed by atoms with Crippen molar-refractivity contribution in [3.05, 3.63) is 65.7 Å². The third kappa shape index (κ3) is 5.22. The molecule has 0 atom stereocenters. The highest BCUT2D eigenvalue weighted by molar-refractivity contribution is 7.89. The number of hydrogen-bond donors (Lipinski definition) is 1. The molecule has 0 spiro atoms. The third-order valence-corrected chi connectivity index (χ3v) is 8.66. The van der Waals surface area contributed by atoms with Crippen molar-refractivity contribution in [2.75, 3.05) is 32.8 Å². The van der Waals surface area contributed by atoms with Crippen molar-refractivity contribution >= 4 is 15.9 Å². The lowest BCUT2D eigenvalue weighted by atomic mass is 9.79. The largest absolute Gasteiger partial charge is 0.379 e. The Hall–Kier alpha value is -2.22. The first-order valence-electron chi connectivity index (χ1n) is 11.5. The summed E-state index contributed by atoms with van der Waals surface area (Å²) in [6, 6.07) is 17.4. The number of morpholine rings is 1. The molecule has 2 aromatic rings. The number of aryl methyl sites for hydroxylation is 1. The lowest BCUT2D eigenvalue weighted by Gasteiger charge is -2.30. The molecule has 2 aromatic carbocycles. The van der Waals surface area contributed by atoms with Crippen LogP contribution in [0.4, 0.5) is 0 Å². The van der Waals surface area contributed by atoms with Gasteiger partial charge in [0.1, 0.15) is 0 Å². The number of sulfonamides is 1. The summed E-state index contributed by atoms with van der Waals surface area (Å²) >= 11 is 0. The zero-order valence-corrected chi connectivity index (χ0v) is 19.3. The van der Waals surface area contributed by atoms with Crippen molar-refractivity contribution in [2.24, 2.45) is 0 Å². The van der Waals surface area contributed by atoms with Crippen molar-refractivity contribution in [2.45, 2.75) is 48.8 Å². The predicted octanol–water partition coefficient (Wildman–Crippen LogP) is 3.27. The molecule has 0 unspecified atom stereocenters. The van der Waals surface area contributed by atoms with Gasteiger partial charge >= 0.3 is 0 Å². The van der Waals surface area contributed by atoms with Crippen LogP contribution in [0.3, 0.4) is 0 Å². The predicted molar refractivity (Wildman–Crippen MR) is 124 cm³/mol. The van der Waals surface area contributed by atoms with E-state index >= 15 is 0 Å². The van der Waals surface area contributed by atoms with E-state index in [2.05, 4.69) is 29.6 Å². The fourth-order valence-electron chi connectivity index (χ4n) is 4.79. The molecule has 0 radical (unpaired) electrons. The van der Waals surface area contributed by atoms with E-state index in [4.69, 9.17) is 4.74 Å². The Kier molecular flexibility index (Phi) is 7.28. The van der Waals surface area contributed by atoms with Crippen LogP contribution in [0, 0.1) is 0 Å². The Morgan fingerprint density at radius 2 is 1.62 bits per heavy atom. The molecule has 1 N–H and O–H groups in total. The lowest BCUT2D eigenvalue weighted by molar-refractivity contribution is -0.121. The van der Waals surface area contributed by atoms with Crippen LogP contribution in [0.5, 0.6) is 0 Å². The van der Waals surface area contributed by atoms with Gasteiger partial charge in [0.2, 0.25) is 15.9 Å². The van der Waals surface area contributed by atoms with E-state index in [1.54, 1.807) is 12.1 Å². The molecule has 2 aliphatic rings. The quantitative estimate of drug-likeness (QED) is 0.662. The van der Waals surface area contributed by atoms with Gasteiger partial charge in [0, 0.05) is 31.5 Å². The molecule has 1 saturated heterocycles. The van der Waals surface area contributed by atoms with Crippen LogP contribution in [0.25, 0.3) is 0 Å². The molecule has 2 fully saturated rings. The molecule has 4 rings (SSSR count). The normalized spacial score (nSPS) is 19.0. The molecule has 1 aliphatic carbocycles. The number of nitrogens with zero attached hydrogens (tertiary/aromatic N) is 1. The maximum atomic E-state index is 12.7. The lowest BCUT2D eigenvalue weighted by Crippen LogP contribution is -2.40. The second-order valence-corrected chi connectivity index (χ2v) is 10.7. The molecule has 0 bridgehead atoms. The third-order valence-electron chi connectivity index (χ3n) is 6.74. The van der Waals surface area contributed by atoms with Gasteiger partial charge in [-0.15, -0.1) is 0 Å². The molecule has 1 saturated carbocycles. The molecule has 32 heavy (non-hydrogen) atoms. The Morgan fingerprint density at radius 1 is 0.969 bits per heavy atom. The average molecular weight is 457 g/mol. The highest BCUT2D eigenvalue weighted by atomic mass is 32.2. The monoisotopic (exact) mass is 456 g/mol. The van der Waals surface area contributed by atoms with Crippen molar-refractivity contribution < 1.29 is 17.9 Å². The summed E-state index contributed by atoms with van der Waals surface area (Å²) < 4.78 is 32.2. The van der Waals surface area contributed by atoms with Crippen molar-refractivity contribution in [3.63, 3.8) is 0 Å². The summed E-state index contributed by atoms with van der Waals surface area (Å²) in [5.41, 5.74) is 2.32. The Bertz CT molecular complexity index is 994. The molecular formula is C25H32N2O4S. The topological polar surface area (TPSA) is 75.7 Å². The maximum Gasteiger partial charge on any atom is 0.243 e. The first-order valence-corrected chi connectivity index (χ1v) is 12.9. The summed E-state index contributed by atoms with van der Waals surface area (Å²) in [6.07, 6.45) is 5.59. The fraction of sp³-hybridized carbons (Fsp3) is 0.480. The summed E-state index contributed by atoms with van der Waals surface area (Å²) in [5, 5.41) is 3.16. The highest BCUT2D eigenvalue weighted by Gasteiger charge is 2.35. The SMILES string of the molecule is O=C(CCc1ccc(S(=O)(=O)N2CCOCC2)cc1)NCC1(c2ccccc2)CCCC1. The van der Waals surface area contributed by atoms with Gasteiger partial charge in [-0.1, -0.05) is 55.3 Å². The van der Waals surface area contributed by atoms with Crippen molar-refractivity contribution in [3.8, 4) is 0 Å². The van der Waals surface area contributed by atoms with Gasteiger partial charge in [-0.2, -0.15) is 4.31 Å². The van der Waals surface area contributed by atoms with E-state index < -0.39 is 10.0 Å². The number of ether oxygens (including phenoxy) is 1. The molecular weight excluding hydrogens is 424 g/mol. The summed E-state index contributed by atoms with van der Waals surface area (Å²) in [5.74, 6) is 0.0391. The van der Waals surface area contributed by atoms with E-state index in [9.17, 15) is 13.2 Å². The fourth-order valence-corrected chi connectivity index (χ4v) is 6.20. The van der Waals surface area contributed by atoms with E-state index in [0.717, 1.165) is 18.4 Å². The van der Waals surface area contributed by atoms with E-state index in [1.807, 2.05) is 18.2 Å². The Balaban J connectivity index is 1.30.